The average Bonchev–Trinajstić information content (AvgIpc) is 3.46. The molecule has 0 unspecified atom stereocenters. The van der Waals surface area contributed by atoms with Gasteiger partial charge >= 0.3 is 0 Å². The monoisotopic (exact) mass is 719 g/mol. The highest BCUT2D eigenvalue weighted by Gasteiger charge is 2.30. The predicted octanol–water partition coefficient (Wildman–Crippen LogP) is 13.6. The normalized spacial score (nSPS) is 13.2. The Kier molecular flexibility index (Phi) is 9.57. The van der Waals surface area contributed by atoms with Gasteiger partial charge in [0.15, 0.2) is 0 Å². The molecule has 54 heavy (non-hydrogen) atoms. The first-order chi connectivity index (χ1) is 24.8. The maximum Gasteiger partial charge on any atom is 0.149 e. The number of para-hydroxylation sites is 1. The average molecular weight is 720 g/mol. The van der Waals surface area contributed by atoms with Gasteiger partial charge in [0.2, 0.25) is 0 Å². The Balaban J connectivity index is 1.78. The van der Waals surface area contributed by atoms with Crippen LogP contribution in [0.5, 0.6) is 5.75 Å². The predicted molar refractivity (Wildman–Crippen MR) is 230 cm³/mol. The van der Waals surface area contributed by atoms with E-state index in [-0.39, 0.29) is 32.8 Å². The summed E-state index contributed by atoms with van der Waals surface area (Å²) < 4.78 is 2.30. The van der Waals surface area contributed by atoms with Crippen LogP contribution in [0, 0.1) is 0 Å². The zero-order valence-corrected chi connectivity index (χ0v) is 35.4. The van der Waals surface area contributed by atoms with E-state index in [9.17, 15) is 5.11 Å². The molecule has 0 saturated heterocycles. The first kappa shape index (κ1) is 39.0. The summed E-state index contributed by atoms with van der Waals surface area (Å²) in [5.41, 5.74) is 13.0. The molecule has 6 rings (SSSR count). The lowest BCUT2D eigenvalue weighted by Crippen LogP contribution is -2.18. The molecule has 0 amide bonds. The number of aromatic hydroxyl groups is 1. The van der Waals surface area contributed by atoms with Crippen molar-refractivity contribution in [1.82, 2.24) is 14.5 Å². The van der Waals surface area contributed by atoms with Crippen LogP contribution in [0.4, 0.5) is 0 Å². The number of rotatable bonds is 4. The molecule has 0 radical (unpaired) electrons. The van der Waals surface area contributed by atoms with Crippen LogP contribution in [-0.4, -0.2) is 19.6 Å². The lowest BCUT2D eigenvalue weighted by atomic mass is 9.78. The van der Waals surface area contributed by atoms with Crippen LogP contribution < -0.4 is 0 Å². The zero-order valence-electron chi connectivity index (χ0n) is 35.4. The fourth-order valence-electron chi connectivity index (χ4n) is 7.09. The van der Waals surface area contributed by atoms with Crippen molar-refractivity contribution in [1.29, 1.82) is 0 Å². The Morgan fingerprint density at radius 1 is 0.500 bits per heavy atom. The Labute approximate surface area is 324 Å². The van der Waals surface area contributed by atoms with Gasteiger partial charge in [-0.25, -0.2) is 4.98 Å². The van der Waals surface area contributed by atoms with E-state index in [1.807, 2.05) is 18.3 Å². The topological polar surface area (TPSA) is 50.9 Å². The maximum absolute atomic E-state index is 12.3. The second kappa shape index (κ2) is 13.3. The van der Waals surface area contributed by atoms with Crippen molar-refractivity contribution in [3.63, 3.8) is 0 Å². The van der Waals surface area contributed by atoms with Gasteiger partial charge in [-0.1, -0.05) is 140 Å². The number of phenolic OH excluding ortho intramolecular Hbond substituents is 1. The van der Waals surface area contributed by atoms with Gasteiger partial charge in [-0.05, 0) is 103 Å². The van der Waals surface area contributed by atoms with Gasteiger partial charge in [-0.3, -0.25) is 9.55 Å². The highest BCUT2D eigenvalue weighted by Crippen LogP contribution is 2.45. The van der Waals surface area contributed by atoms with E-state index >= 15 is 0 Å². The van der Waals surface area contributed by atoms with Gasteiger partial charge in [-0.2, -0.15) is 0 Å². The molecule has 2 aromatic heterocycles. The van der Waals surface area contributed by atoms with Crippen molar-refractivity contribution in [2.24, 2.45) is 0 Å². The molecule has 0 aliphatic carbocycles. The van der Waals surface area contributed by atoms with E-state index in [4.69, 9.17) is 9.97 Å². The van der Waals surface area contributed by atoms with Crippen molar-refractivity contribution in [3.05, 3.63) is 119 Å². The van der Waals surface area contributed by atoms with Gasteiger partial charge in [0, 0.05) is 28.6 Å². The summed E-state index contributed by atoms with van der Waals surface area (Å²) in [5, 5.41) is 12.3. The fraction of sp³-hybridized carbons (Fsp3) is 0.400. The van der Waals surface area contributed by atoms with Crippen LogP contribution in [0.15, 0.2) is 91.1 Å². The molecule has 0 saturated carbocycles. The number of benzene rings is 4. The van der Waals surface area contributed by atoms with Crippen LogP contribution in [0.1, 0.15) is 132 Å². The molecule has 0 aliphatic rings. The number of nitrogens with zero attached hydrogens (tertiary/aromatic N) is 3. The van der Waals surface area contributed by atoms with E-state index < -0.39 is 0 Å². The molecule has 4 heteroatoms. The Bertz CT molecular complexity index is 2310. The third kappa shape index (κ3) is 7.63. The molecule has 4 nitrogen and oxygen atoms in total. The number of hydrogen-bond acceptors (Lipinski definition) is 3. The minimum absolute atomic E-state index is 0.0827. The van der Waals surface area contributed by atoms with Gasteiger partial charge in [-0.15, -0.1) is 0 Å². The summed E-state index contributed by atoms with van der Waals surface area (Å²) in [5.74, 6) is 1.01. The Morgan fingerprint density at radius 3 is 1.59 bits per heavy atom. The third-order valence-corrected chi connectivity index (χ3v) is 10.7. The van der Waals surface area contributed by atoms with E-state index in [0.717, 1.165) is 61.6 Å². The van der Waals surface area contributed by atoms with E-state index in [1.54, 1.807) is 0 Å². The number of hydrogen-bond donors (Lipinski definition) is 1. The van der Waals surface area contributed by atoms with Crippen molar-refractivity contribution >= 4 is 11.0 Å². The molecular formula is C50H61N3O. The number of aromatic nitrogens is 3. The summed E-state index contributed by atoms with van der Waals surface area (Å²) >= 11 is 0. The lowest BCUT2D eigenvalue weighted by molar-refractivity contribution is 0.446. The smallest absolute Gasteiger partial charge is 0.149 e. The number of phenols is 1. The summed E-state index contributed by atoms with van der Waals surface area (Å²) in [6.07, 6.45) is 1.86. The Hall–Kier alpha value is -4.70. The molecule has 6 aromatic rings. The largest absolute Gasteiger partial charge is 0.507 e. The fourth-order valence-corrected chi connectivity index (χ4v) is 7.09. The molecule has 0 atom stereocenters. The van der Waals surface area contributed by atoms with E-state index in [1.165, 1.54) is 16.7 Å². The summed E-state index contributed by atoms with van der Waals surface area (Å²) in [4.78, 5) is 10.3. The standard InChI is InChI=1S/C50H61N3O/c1-46(2,3)33-24-31(23-32(25-33)41-20-16-17-22-51-41)38-19-18-21-42-43(38)52-45(39-29-36(49(10,11)12)30-40(44(39)54)50(13,14)15)53(42)37-27-34(47(4,5)6)26-35(28-37)48(7,8)9/h16-30,54H,1-15H3. The van der Waals surface area contributed by atoms with Gasteiger partial charge in [0.05, 0.1) is 22.3 Å². The molecule has 0 aliphatic heterocycles. The van der Waals surface area contributed by atoms with Crippen molar-refractivity contribution in [2.45, 2.75) is 131 Å². The summed E-state index contributed by atoms with van der Waals surface area (Å²) in [6.45, 7) is 33.7. The van der Waals surface area contributed by atoms with Crippen LogP contribution in [-0.2, 0) is 27.1 Å². The molecule has 2 heterocycles. The third-order valence-electron chi connectivity index (χ3n) is 10.7. The van der Waals surface area contributed by atoms with Gasteiger partial charge in [0.1, 0.15) is 11.6 Å². The Morgan fingerprint density at radius 2 is 1.06 bits per heavy atom. The summed E-state index contributed by atoms with van der Waals surface area (Å²) in [7, 11) is 0. The minimum Gasteiger partial charge on any atom is -0.507 e. The number of imidazole rings is 1. The highest BCUT2D eigenvalue weighted by atomic mass is 16.3. The molecule has 0 spiro atoms. The van der Waals surface area contributed by atoms with Crippen molar-refractivity contribution < 1.29 is 5.11 Å². The van der Waals surface area contributed by atoms with Gasteiger partial charge < -0.3 is 5.11 Å². The van der Waals surface area contributed by atoms with Crippen LogP contribution >= 0.6 is 0 Å². The maximum atomic E-state index is 12.3. The molecule has 0 fully saturated rings. The quantitative estimate of drug-likeness (QED) is 0.197. The first-order valence-electron chi connectivity index (χ1n) is 19.5. The van der Waals surface area contributed by atoms with Crippen molar-refractivity contribution in [2.75, 3.05) is 0 Å². The number of fused-ring (bicyclic) bond motifs is 1. The zero-order chi connectivity index (χ0) is 39.8. The minimum atomic E-state index is -0.289. The van der Waals surface area contributed by atoms with Crippen LogP contribution in [0.25, 0.3) is 50.5 Å². The molecular weight excluding hydrogens is 659 g/mol. The van der Waals surface area contributed by atoms with Gasteiger partial charge in [0.25, 0.3) is 0 Å². The van der Waals surface area contributed by atoms with Crippen LogP contribution in [0.2, 0.25) is 0 Å². The SMILES string of the molecule is CC(C)(C)c1cc(-c2ccccn2)cc(-c2cccc3c2nc(-c2cc(C(C)(C)C)cc(C(C)(C)C)c2O)n3-c2cc(C(C)(C)C)cc(C(C)(C)C)c2)c1. The van der Waals surface area contributed by atoms with Crippen molar-refractivity contribution in [3.8, 4) is 45.2 Å². The number of pyridine rings is 1. The van der Waals surface area contributed by atoms with E-state index in [2.05, 4.69) is 181 Å². The molecule has 4 aromatic carbocycles. The lowest BCUT2D eigenvalue weighted by Gasteiger charge is -2.28. The summed E-state index contributed by atoms with van der Waals surface area (Å²) in [6, 6.07) is 30.8. The second-order valence-electron chi connectivity index (χ2n) is 20.4. The molecule has 0 bridgehead atoms. The highest BCUT2D eigenvalue weighted by molar-refractivity contribution is 5.97. The molecule has 1 N–H and O–H groups in total. The van der Waals surface area contributed by atoms with Crippen LogP contribution in [0.3, 0.4) is 0 Å². The first-order valence-corrected chi connectivity index (χ1v) is 19.5. The van der Waals surface area contributed by atoms with E-state index in [0.29, 0.717) is 0 Å². The molecule has 282 valence electrons. The second-order valence-corrected chi connectivity index (χ2v) is 20.4.